The van der Waals surface area contributed by atoms with Crippen LogP contribution in [0.2, 0.25) is 0 Å². The van der Waals surface area contributed by atoms with Crippen LogP contribution in [0.25, 0.3) is 0 Å². The van der Waals surface area contributed by atoms with E-state index in [0.717, 1.165) is 24.9 Å². The van der Waals surface area contributed by atoms with E-state index in [-0.39, 0.29) is 0 Å². The molecule has 0 aromatic heterocycles. The van der Waals surface area contributed by atoms with Gasteiger partial charge in [-0.3, -0.25) is 0 Å². The minimum atomic E-state index is 0.515. The van der Waals surface area contributed by atoms with Gasteiger partial charge in [-0.1, -0.05) is 6.58 Å². The van der Waals surface area contributed by atoms with Crippen LogP contribution in [0, 0.1) is 11.8 Å². The average molecular weight is 124 g/mol. The molecular formula is C7H12N2. The third-order valence-corrected chi connectivity index (χ3v) is 2.55. The van der Waals surface area contributed by atoms with Crippen LogP contribution in [0.1, 0.15) is 0 Å². The van der Waals surface area contributed by atoms with Gasteiger partial charge in [0.15, 0.2) is 0 Å². The standard InChI is InChI=1S/C7H12N2/c1-2-9-3-5-6(4-9)7(5)8/h2,5-7H,1,3-4,8H2. The fourth-order valence-corrected chi connectivity index (χ4v) is 1.75. The molecule has 1 aliphatic carbocycles. The minimum Gasteiger partial charge on any atom is -0.377 e. The number of hydrogen-bond acceptors (Lipinski definition) is 2. The number of nitrogens with two attached hydrogens (primary N) is 1. The van der Waals surface area contributed by atoms with Gasteiger partial charge in [-0.2, -0.15) is 0 Å². The molecule has 2 unspecified atom stereocenters. The Morgan fingerprint density at radius 1 is 1.44 bits per heavy atom. The van der Waals surface area contributed by atoms with Gasteiger partial charge in [0.25, 0.3) is 0 Å². The Hall–Kier alpha value is -0.500. The van der Waals surface area contributed by atoms with Crippen molar-refractivity contribution < 1.29 is 0 Å². The van der Waals surface area contributed by atoms with Crippen LogP contribution in [0.3, 0.4) is 0 Å². The van der Waals surface area contributed by atoms with Gasteiger partial charge in [-0.05, 0) is 18.0 Å². The quantitative estimate of drug-likeness (QED) is 0.534. The molecule has 2 nitrogen and oxygen atoms in total. The molecule has 0 amide bonds. The van der Waals surface area contributed by atoms with E-state index in [1.807, 2.05) is 6.20 Å². The fourth-order valence-electron chi connectivity index (χ4n) is 1.75. The van der Waals surface area contributed by atoms with Crippen LogP contribution < -0.4 is 5.73 Å². The summed E-state index contributed by atoms with van der Waals surface area (Å²) in [6, 6.07) is 0.515. The molecule has 2 N–H and O–H groups in total. The zero-order valence-corrected chi connectivity index (χ0v) is 5.46. The maximum Gasteiger partial charge on any atom is 0.0219 e. The summed E-state index contributed by atoms with van der Waals surface area (Å²) < 4.78 is 0. The van der Waals surface area contributed by atoms with Crippen LogP contribution in [0.5, 0.6) is 0 Å². The monoisotopic (exact) mass is 124 g/mol. The molecule has 2 fully saturated rings. The van der Waals surface area contributed by atoms with Gasteiger partial charge in [0, 0.05) is 19.1 Å². The number of hydrogen-bond donors (Lipinski definition) is 1. The Morgan fingerprint density at radius 2 is 2.00 bits per heavy atom. The van der Waals surface area contributed by atoms with Crippen LogP contribution in [-0.4, -0.2) is 24.0 Å². The topological polar surface area (TPSA) is 29.3 Å². The Kier molecular flexibility index (Phi) is 0.887. The zero-order valence-electron chi connectivity index (χ0n) is 5.46. The number of rotatable bonds is 1. The molecular weight excluding hydrogens is 112 g/mol. The lowest BCUT2D eigenvalue weighted by Gasteiger charge is -2.14. The SMILES string of the molecule is C=CN1CC2C(N)C2C1. The molecule has 1 saturated carbocycles. The third-order valence-electron chi connectivity index (χ3n) is 2.55. The van der Waals surface area contributed by atoms with Crippen molar-refractivity contribution in [3.05, 3.63) is 12.8 Å². The largest absolute Gasteiger partial charge is 0.377 e. The maximum absolute atomic E-state index is 5.73. The molecule has 1 aliphatic heterocycles. The zero-order chi connectivity index (χ0) is 6.43. The van der Waals surface area contributed by atoms with Crippen LogP contribution in [0.15, 0.2) is 12.8 Å². The van der Waals surface area contributed by atoms with Crippen molar-refractivity contribution in [1.82, 2.24) is 4.90 Å². The van der Waals surface area contributed by atoms with E-state index in [0.29, 0.717) is 6.04 Å². The lowest BCUT2D eigenvalue weighted by molar-refractivity contribution is 0.405. The third kappa shape index (κ3) is 0.597. The molecule has 0 bridgehead atoms. The van der Waals surface area contributed by atoms with Crippen LogP contribution in [0.4, 0.5) is 0 Å². The summed E-state index contributed by atoms with van der Waals surface area (Å²) in [6.45, 7) is 6.00. The van der Waals surface area contributed by atoms with Gasteiger partial charge in [0.2, 0.25) is 0 Å². The predicted molar refractivity (Wildman–Crippen MR) is 36.7 cm³/mol. The average Bonchev–Trinajstić information content (AvgIpc) is 2.32. The first-order valence-corrected chi connectivity index (χ1v) is 3.45. The first-order chi connectivity index (χ1) is 4.33. The summed E-state index contributed by atoms with van der Waals surface area (Å²) in [6.07, 6.45) is 1.92. The number of fused-ring (bicyclic) bond motifs is 1. The lowest BCUT2D eigenvalue weighted by atomic mass is 10.4. The summed E-state index contributed by atoms with van der Waals surface area (Å²) in [4.78, 5) is 2.25. The van der Waals surface area contributed by atoms with Gasteiger partial charge in [-0.25, -0.2) is 0 Å². The highest BCUT2D eigenvalue weighted by atomic mass is 15.2. The summed E-state index contributed by atoms with van der Waals surface area (Å²) in [7, 11) is 0. The molecule has 0 aromatic rings. The van der Waals surface area contributed by atoms with Gasteiger partial charge in [-0.15, -0.1) is 0 Å². The second-order valence-electron chi connectivity index (χ2n) is 3.04. The molecule has 2 heteroatoms. The molecule has 0 aromatic carbocycles. The molecule has 50 valence electrons. The second-order valence-corrected chi connectivity index (χ2v) is 3.04. The number of nitrogens with zero attached hydrogens (tertiary/aromatic N) is 1. The molecule has 0 spiro atoms. The predicted octanol–water partition coefficient (Wildman–Crippen LogP) is 0.0188. The number of likely N-dealkylation sites (tertiary alicyclic amines) is 1. The first kappa shape index (κ1) is 5.30. The van der Waals surface area contributed by atoms with E-state index in [4.69, 9.17) is 5.73 Å². The lowest BCUT2D eigenvalue weighted by Crippen LogP contribution is -2.23. The Labute approximate surface area is 55.3 Å². The van der Waals surface area contributed by atoms with Gasteiger partial charge in [0.1, 0.15) is 0 Å². The highest BCUT2D eigenvalue weighted by Crippen LogP contribution is 2.43. The molecule has 1 saturated heterocycles. The van der Waals surface area contributed by atoms with E-state index in [9.17, 15) is 0 Å². The Morgan fingerprint density at radius 3 is 2.44 bits per heavy atom. The summed E-state index contributed by atoms with van der Waals surface area (Å²) in [5.41, 5.74) is 5.73. The van der Waals surface area contributed by atoms with Crippen LogP contribution >= 0.6 is 0 Å². The molecule has 9 heavy (non-hydrogen) atoms. The normalized spacial score (nSPS) is 46.8. The highest BCUT2D eigenvalue weighted by molar-refractivity contribution is 5.09. The minimum absolute atomic E-state index is 0.515. The van der Waals surface area contributed by atoms with Gasteiger partial charge < -0.3 is 10.6 Å². The van der Waals surface area contributed by atoms with Crippen LogP contribution in [-0.2, 0) is 0 Å². The first-order valence-electron chi connectivity index (χ1n) is 3.45. The van der Waals surface area contributed by atoms with E-state index in [1.54, 1.807) is 0 Å². The fraction of sp³-hybridized carbons (Fsp3) is 0.714. The molecule has 1 heterocycles. The van der Waals surface area contributed by atoms with Gasteiger partial charge >= 0.3 is 0 Å². The second kappa shape index (κ2) is 1.51. The van der Waals surface area contributed by atoms with Crippen molar-refractivity contribution in [3.8, 4) is 0 Å². The summed E-state index contributed by atoms with van der Waals surface area (Å²) in [5.74, 6) is 1.59. The Balaban J connectivity index is 1.96. The van der Waals surface area contributed by atoms with Crippen molar-refractivity contribution in [2.24, 2.45) is 17.6 Å². The molecule has 2 rings (SSSR count). The van der Waals surface area contributed by atoms with Crippen molar-refractivity contribution >= 4 is 0 Å². The molecule has 2 atom stereocenters. The van der Waals surface area contributed by atoms with E-state index in [1.165, 1.54) is 0 Å². The highest BCUT2D eigenvalue weighted by Gasteiger charge is 2.52. The summed E-state index contributed by atoms with van der Waals surface area (Å²) >= 11 is 0. The Bertz CT molecular complexity index is 132. The van der Waals surface area contributed by atoms with Crippen molar-refractivity contribution in [1.29, 1.82) is 0 Å². The van der Waals surface area contributed by atoms with E-state index < -0.39 is 0 Å². The van der Waals surface area contributed by atoms with Crippen molar-refractivity contribution in [3.63, 3.8) is 0 Å². The van der Waals surface area contributed by atoms with Crippen molar-refractivity contribution in [2.75, 3.05) is 13.1 Å². The van der Waals surface area contributed by atoms with E-state index >= 15 is 0 Å². The smallest absolute Gasteiger partial charge is 0.0219 e. The molecule has 2 aliphatic rings. The van der Waals surface area contributed by atoms with Crippen molar-refractivity contribution in [2.45, 2.75) is 6.04 Å². The molecule has 0 radical (unpaired) electrons. The van der Waals surface area contributed by atoms with Gasteiger partial charge in [0.05, 0.1) is 0 Å². The summed E-state index contributed by atoms with van der Waals surface area (Å²) in [5, 5.41) is 0. The van der Waals surface area contributed by atoms with E-state index in [2.05, 4.69) is 11.5 Å². The maximum atomic E-state index is 5.73. The number of piperidine rings is 1.